The average Bonchev–Trinajstić information content (AvgIpc) is 2.21. The molecule has 1 unspecified atom stereocenters. The Morgan fingerprint density at radius 1 is 1.44 bits per heavy atom. The predicted molar refractivity (Wildman–Crippen MR) is 67.1 cm³/mol. The maximum atomic E-state index is 11.9. The molecule has 1 rings (SSSR count). The lowest BCUT2D eigenvalue weighted by Gasteiger charge is -2.36. The smallest absolute Gasteiger partial charge is 0.239 e. The van der Waals surface area contributed by atoms with Gasteiger partial charge in [-0.1, -0.05) is 20.8 Å². The van der Waals surface area contributed by atoms with Crippen LogP contribution in [0.25, 0.3) is 0 Å². The third-order valence-corrected chi connectivity index (χ3v) is 3.93. The van der Waals surface area contributed by atoms with Gasteiger partial charge in [-0.15, -0.1) is 0 Å². The molecule has 0 spiro atoms. The van der Waals surface area contributed by atoms with E-state index < -0.39 is 5.54 Å². The summed E-state index contributed by atoms with van der Waals surface area (Å²) in [6.45, 7) is 8.34. The van der Waals surface area contributed by atoms with Crippen molar-refractivity contribution in [3.63, 3.8) is 0 Å². The monoisotopic (exact) mass is 226 g/mol. The van der Waals surface area contributed by atoms with E-state index >= 15 is 0 Å². The largest absolute Gasteiger partial charge is 0.352 e. The van der Waals surface area contributed by atoms with Crippen LogP contribution in [0.1, 0.15) is 59.8 Å². The quantitative estimate of drug-likeness (QED) is 0.775. The molecule has 0 bridgehead atoms. The molecule has 1 atom stereocenters. The fourth-order valence-corrected chi connectivity index (χ4v) is 2.05. The van der Waals surface area contributed by atoms with Crippen LogP contribution in [0.2, 0.25) is 0 Å². The van der Waals surface area contributed by atoms with Gasteiger partial charge in [0.2, 0.25) is 5.91 Å². The van der Waals surface area contributed by atoms with E-state index in [1.807, 2.05) is 6.92 Å². The molecular weight excluding hydrogens is 200 g/mol. The van der Waals surface area contributed by atoms with Crippen molar-refractivity contribution in [3.8, 4) is 0 Å². The van der Waals surface area contributed by atoms with Crippen LogP contribution < -0.4 is 11.1 Å². The summed E-state index contributed by atoms with van der Waals surface area (Å²) in [7, 11) is 0. The first-order valence-corrected chi connectivity index (χ1v) is 6.37. The van der Waals surface area contributed by atoms with E-state index in [9.17, 15) is 4.79 Å². The molecule has 0 aromatic carbocycles. The molecule has 1 aliphatic carbocycles. The van der Waals surface area contributed by atoms with E-state index in [-0.39, 0.29) is 5.91 Å². The zero-order valence-corrected chi connectivity index (χ0v) is 11.1. The summed E-state index contributed by atoms with van der Waals surface area (Å²) in [6.07, 6.45) is 5.21. The predicted octanol–water partition coefficient (Wildman–Crippen LogP) is 2.20. The molecule has 3 N–H and O–H groups in total. The lowest BCUT2D eigenvalue weighted by Crippen LogP contribution is -2.54. The molecule has 16 heavy (non-hydrogen) atoms. The highest BCUT2D eigenvalue weighted by Crippen LogP contribution is 2.35. The van der Waals surface area contributed by atoms with Crippen LogP contribution in [0.3, 0.4) is 0 Å². The number of amides is 1. The van der Waals surface area contributed by atoms with Gasteiger partial charge in [0.1, 0.15) is 0 Å². The van der Waals surface area contributed by atoms with Crippen LogP contribution in [-0.2, 0) is 4.79 Å². The molecule has 3 heteroatoms. The lowest BCUT2D eigenvalue weighted by molar-refractivity contribution is -0.127. The summed E-state index contributed by atoms with van der Waals surface area (Å²) in [5.41, 5.74) is 5.65. The van der Waals surface area contributed by atoms with E-state index in [0.717, 1.165) is 12.8 Å². The summed E-state index contributed by atoms with van der Waals surface area (Å²) in [4.78, 5) is 11.9. The maximum Gasteiger partial charge on any atom is 0.239 e. The van der Waals surface area contributed by atoms with Crippen molar-refractivity contribution in [1.29, 1.82) is 0 Å². The van der Waals surface area contributed by atoms with Gasteiger partial charge in [0.15, 0.2) is 0 Å². The van der Waals surface area contributed by atoms with E-state index in [4.69, 9.17) is 5.73 Å². The topological polar surface area (TPSA) is 55.1 Å². The summed E-state index contributed by atoms with van der Waals surface area (Å²) in [5, 5.41) is 3.08. The molecule has 0 aromatic rings. The number of hydrogen-bond donors (Lipinski definition) is 2. The van der Waals surface area contributed by atoms with Gasteiger partial charge in [-0.3, -0.25) is 4.79 Å². The Balaban J connectivity index is 2.43. The highest BCUT2D eigenvalue weighted by molar-refractivity contribution is 5.85. The average molecular weight is 226 g/mol. The Kier molecular flexibility index (Phi) is 4.00. The second-order valence-corrected chi connectivity index (χ2v) is 6.18. The number of nitrogens with two attached hydrogens (primary N) is 1. The van der Waals surface area contributed by atoms with E-state index in [0.29, 0.717) is 17.9 Å². The van der Waals surface area contributed by atoms with Crippen molar-refractivity contribution < 1.29 is 4.79 Å². The van der Waals surface area contributed by atoms with Crippen molar-refractivity contribution in [2.45, 2.75) is 71.4 Å². The van der Waals surface area contributed by atoms with E-state index in [2.05, 4.69) is 19.2 Å². The van der Waals surface area contributed by atoms with Crippen LogP contribution in [-0.4, -0.2) is 17.5 Å². The minimum Gasteiger partial charge on any atom is -0.352 e. The molecule has 3 nitrogen and oxygen atoms in total. The van der Waals surface area contributed by atoms with Gasteiger partial charge in [-0.2, -0.15) is 0 Å². The van der Waals surface area contributed by atoms with Gasteiger partial charge >= 0.3 is 0 Å². The van der Waals surface area contributed by atoms with Crippen molar-refractivity contribution >= 4 is 5.91 Å². The van der Waals surface area contributed by atoms with Crippen LogP contribution >= 0.6 is 0 Å². The second kappa shape index (κ2) is 4.74. The summed E-state index contributed by atoms with van der Waals surface area (Å²) in [6, 6.07) is 0.329. The van der Waals surface area contributed by atoms with Crippen molar-refractivity contribution in [3.05, 3.63) is 0 Å². The minimum absolute atomic E-state index is 0.000272. The van der Waals surface area contributed by atoms with Gasteiger partial charge in [0.25, 0.3) is 0 Å². The molecule has 0 heterocycles. The fraction of sp³-hybridized carbons (Fsp3) is 0.923. The molecule has 94 valence electrons. The number of hydrogen-bond acceptors (Lipinski definition) is 2. The molecule has 1 aliphatic rings. The Morgan fingerprint density at radius 2 is 1.94 bits per heavy atom. The fourth-order valence-electron chi connectivity index (χ4n) is 2.05. The summed E-state index contributed by atoms with van der Waals surface area (Å²) < 4.78 is 0. The molecule has 0 saturated heterocycles. The lowest BCUT2D eigenvalue weighted by atomic mass is 9.75. The van der Waals surface area contributed by atoms with Crippen molar-refractivity contribution in [1.82, 2.24) is 5.32 Å². The molecule has 0 aliphatic heterocycles. The van der Waals surface area contributed by atoms with Gasteiger partial charge in [-0.05, 0) is 44.4 Å². The van der Waals surface area contributed by atoms with Crippen LogP contribution in [0.5, 0.6) is 0 Å². The third kappa shape index (κ3) is 3.48. The summed E-state index contributed by atoms with van der Waals surface area (Å²) >= 11 is 0. The Bertz CT molecular complexity index is 249. The molecule has 1 amide bonds. The minimum atomic E-state index is -0.715. The number of carbonyl (C=O) groups is 1. The highest BCUT2D eigenvalue weighted by Gasteiger charge is 2.31. The Morgan fingerprint density at radius 3 is 2.38 bits per heavy atom. The first-order valence-electron chi connectivity index (χ1n) is 6.37. The highest BCUT2D eigenvalue weighted by atomic mass is 16.2. The molecule has 0 aromatic heterocycles. The second-order valence-electron chi connectivity index (χ2n) is 6.18. The number of carbonyl (C=O) groups excluding carboxylic acids is 1. The summed E-state index contributed by atoms with van der Waals surface area (Å²) in [5.74, 6) is -0.000272. The molecular formula is C13H26N2O. The van der Waals surface area contributed by atoms with Gasteiger partial charge in [-0.25, -0.2) is 0 Å². The van der Waals surface area contributed by atoms with Crippen LogP contribution in [0.15, 0.2) is 0 Å². The SMILES string of the molecule is CCC(C)(N)C(=O)NC1CCC(C)(C)CC1. The molecule has 1 saturated carbocycles. The zero-order valence-electron chi connectivity index (χ0n) is 11.1. The first-order chi connectivity index (χ1) is 7.27. The first kappa shape index (κ1) is 13.5. The maximum absolute atomic E-state index is 11.9. The normalized spacial score (nSPS) is 24.8. The van der Waals surface area contributed by atoms with Gasteiger partial charge in [0, 0.05) is 6.04 Å². The van der Waals surface area contributed by atoms with Crippen LogP contribution in [0.4, 0.5) is 0 Å². The molecule has 0 radical (unpaired) electrons. The van der Waals surface area contributed by atoms with Gasteiger partial charge in [0.05, 0.1) is 5.54 Å². The van der Waals surface area contributed by atoms with E-state index in [1.54, 1.807) is 6.92 Å². The van der Waals surface area contributed by atoms with E-state index in [1.165, 1.54) is 12.8 Å². The van der Waals surface area contributed by atoms with Crippen LogP contribution in [0, 0.1) is 5.41 Å². The number of rotatable bonds is 3. The Hall–Kier alpha value is -0.570. The standard InChI is InChI=1S/C13H26N2O/c1-5-13(4,14)11(16)15-10-6-8-12(2,3)9-7-10/h10H,5-9,14H2,1-4H3,(H,15,16). The Labute approximate surface area is 99.2 Å². The van der Waals surface area contributed by atoms with Gasteiger partial charge < -0.3 is 11.1 Å². The van der Waals surface area contributed by atoms with Crippen molar-refractivity contribution in [2.75, 3.05) is 0 Å². The number of nitrogens with one attached hydrogen (secondary N) is 1. The zero-order chi connectivity index (χ0) is 12.4. The van der Waals surface area contributed by atoms with Crippen molar-refractivity contribution in [2.24, 2.45) is 11.1 Å². The third-order valence-electron chi connectivity index (χ3n) is 3.93. The molecule has 1 fully saturated rings.